The quantitative estimate of drug-likeness (QED) is 0.883. The Kier molecular flexibility index (Phi) is 3.55. The smallest absolute Gasteiger partial charge is 0.335 e. The number of hydrogen-bond acceptors (Lipinski definition) is 4. The molecule has 1 amide bonds. The molecular formula is C15H18N2O4. The third kappa shape index (κ3) is 2.35. The molecule has 112 valence electrons. The van der Waals surface area contributed by atoms with Gasteiger partial charge in [-0.15, -0.1) is 0 Å². The molecule has 6 heteroatoms. The molecule has 0 spiro atoms. The van der Waals surface area contributed by atoms with Gasteiger partial charge in [-0.25, -0.2) is 4.79 Å². The molecule has 1 aromatic carbocycles. The summed E-state index contributed by atoms with van der Waals surface area (Å²) in [6.07, 6.45) is 0.911. The van der Waals surface area contributed by atoms with E-state index in [0.717, 1.165) is 18.7 Å². The molecule has 2 aliphatic rings. The zero-order chi connectivity index (χ0) is 15.0. The van der Waals surface area contributed by atoms with Crippen LogP contribution in [-0.2, 0) is 9.53 Å². The number of nitrogens with zero attached hydrogens (tertiary/aromatic N) is 1. The SMILES string of the molecule is CCCN1c2cc(C(=O)O)ccc2NC(=O)C2COCC21. The molecule has 6 nitrogen and oxygen atoms in total. The Morgan fingerprint density at radius 2 is 2.29 bits per heavy atom. The van der Waals surface area contributed by atoms with Crippen molar-refractivity contribution in [1.29, 1.82) is 0 Å². The van der Waals surface area contributed by atoms with Crippen LogP contribution in [0.15, 0.2) is 18.2 Å². The minimum Gasteiger partial charge on any atom is -0.478 e. The fraction of sp³-hybridized carbons (Fsp3) is 0.467. The largest absolute Gasteiger partial charge is 0.478 e. The molecule has 2 atom stereocenters. The van der Waals surface area contributed by atoms with Gasteiger partial charge in [0, 0.05) is 6.54 Å². The number of ether oxygens (including phenoxy) is 1. The second-order valence-electron chi connectivity index (χ2n) is 5.43. The van der Waals surface area contributed by atoms with Gasteiger partial charge in [0.1, 0.15) is 0 Å². The van der Waals surface area contributed by atoms with Crippen LogP contribution in [0.25, 0.3) is 0 Å². The number of nitrogens with one attached hydrogen (secondary N) is 1. The van der Waals surface area contributed by atoms with E-state index in [1.165, 1.54) is 6.07 Å². The Morgan fingerprint density at radius 3 is 3.00 bits per heavy atom. The molecular weight excluding hydrogens is 272 g/mol. The van der Waals surface area contributed by atoms with Gasteiger partial charge in [0.25, 0.3) is 0 Å². The van der Waals surface area contributed by atoms with Crippen LogP contribution in [0.4, 0.5) is 11.4 Å². The van der Waals surface area contributed by atoms with E-state index in [-0.39, 0.29) is 23.4 Å². The number of fused-ring (bicyclic) bond motifs is 2. The molecule has 2 aliphatic heterocycles. The highest BCUT2D eigenvalue weighted by molar-refractivity contribution is 6.00. The molecule has 1 saturated heterocycles. The molecule has 1 aromatic rings. The highest BCUT2D eigenvalue weighted by Gasteiger charge is 2.41. The third-order valence-corrected chi connectivity index (χ3v) is 4.06. The summed E-state index contributed by atoms with van der Waals surface area (Å²) in [5.41, 5.74) is 1.66. The maximum atomic E-state index is 12.3. The van der Waals surface area contributed by atoms with Crippen LogP contribution >= 0.6 is 0 Å². The predicted octanol–water partition coefficient (Wildman–Crippen LogP) is 1.57. The lowest BCUT2D eigenvalue weighted by molar-refractivity contribution is -0.120. The fourth-order valence-electron chi connectivity index (χ4n) is 3.04. The van der Waals surface area contributed by atoms with Crippen molar-refractivity contribution in [3.63, 3.8) is 0 Å². The summed E-state index contributed by atoms with van der Waals surface area (Å²) in [4.78, 5) is 25.6. The lowest BCUT2D eigenvalue weighted by atomic mass is 10.0. The molecule has 2 unspecified atom stereocenters. The summed E-state index contributed by atoms with van der Waals surface area (Å²) in [6, 6.07) is 4.79. The van der Waals surface area contributed by atoms with E-state index >= 15 is 0 Å². The fourth-order valence-corrected chi connectivity index (χ4v) is 3.04. The minimum absolute atomic E-state index is 0.0322. The third-order valence-electron chi connectivity index (χ3n) is 4.06. The summed E-state index contributed by atoms with van der Waals surface area (Å²) in [5, 5.41) is 12.1. The van der Waals surface area contributed by atoms with Gasteiger partial charge < -0.3 is 20.1 Å². The number of aromatic carboxylic acids is 1. The lowest BCUT2D eigenvalue weighted by Gasteiger charge is -2.31. The van der Waals surface area contributed by atoms with Crippen LogP contribution in [0, 0.1) is 5.92 Å². The van der Waals surface area contributed by atoms with Crippen LogP contribution in [0.3, 0.4) is 0 Å². The number of carboxylic acids is 1. The first kappa shape index (κ1) is 13.9. The Morgan fingerprint density at radius 1 is 1.48 bits per heavy atom. The number of carbonyl (C=O) groups is 2. The average Bonchev–Trinajstić information content (AvgIpc) is 2.90. The molecule has 2 heterocycles. The van der Waals surface area contributed by atoms with Crippen molar-refractivity contribution in [1.82, 2.24) is 0 Å². The molecule has 2 N–H and O–H groups in total. The molecule has 0 aromatic heterocycles. The van der Waals surface area contributed by atoms with Crippen molar-refractivity contribution in [3.05, 3.63) is 23.8 Å². The maximum absolute atomic E-state index is 12.3. The first-order valence-electron chi connectivity index (χ1n) is 7.14. The van der Waals surface area contributed by atoms with Gasteiger partial charge in [0.15, 0.2) is 0 Å². The number of anilines is 2. The van der Waals surface area contributed by atoms with Crippen molar-refractivity contribution in [2.45, 2.75) is 19.4 Å². The van der Waals surface area contributed by atoms with Gasteiger partial charge >= 0.3 is 5.97 Å². The van der Waals surface area contributed by atoms with E-state index in [9.17, 15) is 14.7 Å². The van der Waals surface area contributed by atoms with Gasteiger partial charge in [0.2, 0.25) is 5.91 Å². The number of hydrogen-bond donors (Lipinski definition) is 2. The molecule has 0 aliphatic carbocycles. The summed E-state index contributed by atoms with van der Waals surface area (Å²) in [7, 11) is 0. The van der Waals surface area contributed by atoms with E-state index in [0.29, 0.717) is 18.9 Å². The monoisotopic (exact) mass is 290 g/mol. The normalized spacial score (nSPS) is 24.0. The molecule has 1 fully saturated rings. The first-order chi connectivity index (χ1) is 10.1. The summed E-state index contributed by atoms with van der Waals surface area (Å²) in [6.45, 7) is 3.73. The van der Waals surface area contributed by atoms with Crippen molar-refractivity contribution in [3.8, 4) is 0 Å². The van der Waals surface area contributed by atoms with Gasteiger partial charge in [-0.2, -0.15) is 0 Å². The molecule has 21 heavy (non-hydrogen) atoms. The van der Waals surface area contributed by atoms with Gasteiger partial charge in [0.05, 0.1) is 42.1 Å². The van der Waals surface area contributed by atoms with Crippen LogP contribution in [0.5, 0.6) is 0 Å². The van der Waals surface area contributed by atoms with Gasteiger partial charge in [-0.05, 0) is 24.6 Å². The first-order valence-corrected chi connectivity index (χ1v) is 7.14. The molecule has 0 radical (unpaired) electrons. The Bertz CT molecular complexity index is 587. The topological polar surface area (TPSA) is 78.9 Å². The van der Waals surface area contributed by atoms with Crippen LogP contribution in [-0.4, -0.2) is 42.8 Å². The van der Waals surface area contributed by atoms with Gasteiger partial charge in [-0.1, -0.05) is 6.92 Å². The summed E-state index contributed by atoms with van der Waals surface area (Å²) in [5.74, 6) is -1.23. The summed E-state index contributed by atoms with van der Waals surface area (Å²) < 4.78 is 5.47. The van der Waals surface area contributed by atoms with Crippen molar-refractivity contribution >= 4 is 23.3 Å². The Labute approximate surface area is 122 Å². The molecule has 3 rings (SSSR count). The highest BCUT2D eigenvalue weighted by Crippen LogP contribution is 2.36. The highest BCUT2D eigenvalue weighted by atomic mass is 16.5. The average molecular weight is 290 g/mol. The molecule has 0 saturated carbocycles. The standard InChI is InChI=1S/C15H18N2O4/c1-2-5-17-12-6-9(15(19)20)3-4-11(12)16-14(18)10-7-21-8-13(10)17/h3-4,6,10,13H,2,5,7-8H2,1H3,(H,16,18)(H,19,20). The Balaban J connectivity index is 2.09. The van der Waals surface area contributed by atoms with Crippen LogP contribution in [0.1, 0.15) is 23.7 Å². The van der Waals surface area contributed by atoms with E-state index in [1.54, 1.807) is 12.1 Å². The molecule has 0 bridgehead atoms. The van der Waals surface area contributed by atoms with Crippen LogP contribution in [0.2, 0.25) is 0 Å². The number of amides is 1. The number of carbonyl (C=O) groups excluding carboxylic acids is 1. The number of benzene rings is 1. The second-order valence-corrected chi connectivity index (χ2v) is 5.43. The maximum Gasteiger partial charge on any atom is 0.335 e. The van der Waals surface area contributed by atoms with E-state index in [4.69, 9.17) is 4.74 Å². The lowest BCUT2D eigenvalue weighted by Crippen LogP contribution is -2.43. The zero-order valence-electron chi connectivity index (χ0n) is 11.8. The summed E-state index contributed by atoms with van der Waals surface area (Å²) >= 11 is 0. The second kappa shape index (κ2) is 5.37. The van der Waals surface area contributed by atoms with E-state index in [2.05, 4.69) is 17.1 Å². The van der Waals surface area contributed by atoms with Gasteiger partial charge in [-0.3, -0.25) is 4.79 Å². The van der Waals surface area contributed by atoms with Crippen LogP contribution < -0.4 is 10.2 Å². The zero-order valence-corrected chi connectivity index (χ0v) is 11.8. The van der Waals surface area contributed by atoms with Crippen molar-refractivity contribution in [2.24, 2.45) is 5.92 Å². The van der Waals surface area contributed by atoms with Crippen molar-refractivity contribution in [2.75, 3.05) is 30.0 Å². The number of rotatable bonds is 3. The minimum atomic E-state index is -0.968. The van der Waals surface area contributed by atoms with E-state index < -0.39 is 5.97 Å². The predicted molar refractivity (Wildman–Crippen MR) is 77.8 cm³/mol. The van der Waals surface area contributed by atoms with E-state index in [1.807, 2.05) is 0 Å². The van der Waals surface area contributed by atoms with Crippen molar-refractivity contribution < 1.29 is 19.4 Å². The Hall–Kier alpha value is -2.08. The number of carboxylic acid groups (broad SMARTS) is 1.